The van der Waals surface area contributed by atoms with Crippen molar-refractivity contribution in [1.82, 2.24) is 0 Å². The molecule has 0 saturated heterocycles. The minimum atomic E-state index is -0.601. The van der Waals surface area contributed by atoms with Crippen LogP contribution in [-0.4, -0.2) is 8.80 Å². The van der Waals surface area contributed by atoms with Crippen molar-refractivity contribution in [2.24, 2.45) is 0 Å². The average molecular weight is 190 g/mol. The minimum absolute atomic E-state index is 0.601. The number of hydrogen-bond donors (Lipinski definition) is 0. The van der Waals surface area contributed by atoms with Crippen molar-refractivity contribution in [3.05, 3.63) is 35.9 Å². The molecule has 13 heavy (non-hydrogen) atoms. The summed E-state index contributed by atoms with van der Waals surface area (Å²) < 4.78 is 0. The minimum Gasteiger partial charge on any atom is -0.0842 e. The fourth-order valence-corrected chi connectivity index (χ4v) is 2.21. The SMILES string of the molecule is CCC=Cc1ccc([SiH](C)C)cc1. The Kier molecular flexibility index (Phi) is 3.97. The topological polar surface area (TPSA) is 0 Å². The van der Waals surface area contributed by atoms with Gasteiger partial charge in [-0.05, 0) is 12.0 Å². The van der Waals surface area contributed by atoms with Crippen molar-refractivity contribution < 1.29 is 0 Å². The van der Waals surface area contributed by atoms with Gasteiger partial charge in [0.2, 0.25) is 0 Å². The van der Waals surface area contributed by atoms with Crippen LogP contribution in [0.4, 0.5) is 0 Å². The molecule has 0 fully saturated rings. The molecule has 0 radical (unpaired) electrons. The van der Waals surface area contributed by atoms with E-state index in [1.807, 2.05) is 0 Å². The molecule has 0 nitrogen and oxygen atoms in total. The van der Waals surface area contributed by atoms with E-state index in [0.29, 0.717) is 0 Å². The molecule has 0 aliphatic rings. The highest BCUT2D eigenvalue weighted by Crippen LogP contribution is 2.01. The molecule has 1 aromatic rings. The Bertz CT molecular complexity index is 270. The molecule has 70 valence electrons. The summed E-state index contributed by atoms with van der Waals surface area (Å²) in [5.74, 6) is 0. The lowest BCUT2D eigenvalue weighted by Gasteiger charge is -2.03. The van der Waals surface area contributed by atoms with Crippen LogP contribution in [0, 0.1) is 0 Å². The third-order valence-electron chi connectivity index (χ3n) is 2.15. The van der Waals surface area contributed by atoms with E-state index in [1.54, 1.807) is 5.19 Å². The maximum Gasteiger partial charge on any atom is 0.0647 e. The number of hydrogen-bond acceptors (Lipinski definition) is 0. The van der Waals surface area contributed by atoms with Crippen LogP contribution in [0.25, 0.3) is 6.08 Å². The van der Waals surface area contributed by atoms with E-state index >= 15 is 0 Å². The quantitative estimate of drug-likeness (QED) is 0.643. The monoisotopic (exact) mass is 190 g/mol. The van der Waals surface area contributed by atoms with Gasteiger partial charge >= 0.3 is 0 Å². The van der Waals surface area contributed by atoms with Gasteiger partial charge < -0.3 is 0 Å². The zero-order chi connectivity index (χ0) is 9.68. The molecule has 0 N–H and O–H groups in total. The van der Waals surface area contributed by atoms with Gasteiger partial charge in [0.05, 0.1) is 8.80 Å². The highest BCUT2D eigenvalue weighted by atomic mass is 28.3. The van der Waals surface area contributed by atoms with Gasteiger partial charge in [0.1, 0.15) is 0 Å². The largest absolute Gasteiger partial charge is 0.0842 e. The third kappa shape index (κ3) is 3.19. The van der Waals surface area contributed by atoms with Crippen LogP contribution in [0.1, 0.15) is 18.9 Å². The molecule has 0 spiro atoms. The summed E-state index contributed by atoms with van der Waals surface area (Å²) in [6, 6.07) is 8.97. The van der Waals surface area contributed by atoms with E-state index in [-0.39, 0.29) is 0 Å². The first-order chi connectivity index (χ1) is 6.24. The van der Waals surface area contributed by atoms with Crippen LogP contribution in [0.5, 0.6) is 0 Å². The number of benzene rings is 1. The van der Waals surface area contributed by atoms with Gasteiger partial charge in [-0.25, -0.2) is 0 Å². The lowest BCUT2D eigenvalue weighted by atomic mass is 10.2. The molecule has 0 aliphatic heterocycles. The molecule has 1 rings (SSSR count). The summed E-state index contributed by atoms with van der Waals surface area (Å²) in [6.07, 6.45) is 5.49. The molecular weight excluding hydrogens is 172 g/mol. The molecule has 0 atom stereocenters. The Morgan fingerprint density at radius 1 is 1.15 bits per heavy atom. The molecule has 0 saturated carbocycles. The van der Waals surface area contributed by atoms with E-state index in [0.717, 1.165) is 6.42 Å². The van der Waals surface area contributed by atoms with Crippen LogP contribution < -0.4 is 5.19 Å². The predicted octanol–water partition coefficient (Wildman–Crippen LogP) is 2.80. The highest BCUT2D eigenvalue weighted by molar-refractivity contribution is 6.70. The van der Waals surface area contributed by atoms with E-state index in [9.17, 15) is 0 Å². The Morgan fingerprint density at radius 3 is 2.23 bits per heavy atom. The van der Waals surface area contributed by atoms with Crippen LogP contribution in [0.2, 0.25) is 13.1 Å². The van der Waals surface area contributed by atoms with Crippen molar-refractivity contribution >= 4 is 20.1 Å². The molecular formula is C12H18Si. The standard InChI is InChI=1S/C12H18Si/c1-4-5-6-11-7-9-12(10-8-11)13(2)3/h5-10,13H,4H2,1-3H3. The van der Waals surface area contributed by atoms with Gasteiger partial charge in [0.15, 0.2) is 0 Å². The highest BCUT2D eigenvalue weighted by Gasteiger charge is 1.98. The second kappa shape index (κ2) is 5.03. The van der Waals surface area contributed by atoms with E-state index in [4.69, 9.17) is 0 Å². The fraction of sp³-hybridized carbons (Fsp3) is 0.333. The molecule has 0 aromatic heterocycles. The van der Waals surface area contributed by atoms with Crippen molar-refractivity contribution in [3.63, 3.8) is 0 Å². The van der Waals surface area contributed by atoms with Gasteiger partial charge in [-0.1, -0.05) is 61.6 Å². The van der Waals surface area contributed by atoms with E-state index < -0.39 is 8.80 Å². The van der Waals surface area contributed by atoms with Crippen LogP contribution in [0.15, 0.2) is 30.3 Å². The van der Waals surface area contributed by atoms with Crippen molar-refractivity contribution in [2.75, 3.05) is 0 Å². The second-order valence-corrected chi connectivity index (χ2v) is 6.61. The Labute approximate surface area is 82.9 Å². The Hall–Kier alpha value is -0.823. The van der Waals surface area contributed by atoms with E-state index in [1.165, 1.54) is 5.56 Å². The summed E-state index contributed by atoms with van der Waals surface area (Å²) in [5, 5.41) is 1.55. The summed E-state index contributed by atoms with van der Waals surface area (Å²) in [4.78, 5) is 0. The predicted molar refractivity (Wildman–Crippen MR) is 64.3 cm³/mol. The van der Waals surface area contributed by atoms with Crippen LogP contribution >= 0.6 is 0 Å². The lowest BCUT2D eigenvalue weighted by Crippen LogP contribution is -2.21. The summed E-state index contributed by atoms with van der Waals surface area (Å²) in [7, 11) is -0.601. The maximum absolute atomic E-state index is 2.36. The molecule has 1 aromatic carbocycles. The first-order valence-electron chi connectivity index (χ1n) is 5.00. The second-order valence-electron chi connectivity index (χ2n) is 3.63. The molecule has 0 aliphatic carbocycles. The first-order valence-corrected chi connectivity index (χ1v) is 7.89. The van der Waals surface area contributed by atoms with Crippen molar-refractivity contribution in [3.8, 4) is 0 Å². The fourth-order valence-electron chi connectivity index (χ4n) is 1.25. The van der Waals surface area contributed by atoms with Gasteiger partial charge in [-0.3, -0.25) is 0 Å². The molecule has 1 heteroatoms. The third-order valence-corrected chi connectivity index (χ3v) is 3.87. The maximum atomic E-state index is 2.36. The van der Waals surface area contributed by atoms with Gasteiger partial charge in [-0.2, -0.15) is 0 Å². The molecule has 0 heterocycles. The summed E-state index contributed by atoms with van der Waals surface area (Å²) in [6.45, 7) is 6.87. The van der Waals surface area contributed by atoms with Gasteiger partial charge in [0, 0.05) is 0 Å². The first kappa shape index (κ1) is 10.3. The molecule has 0 unspecified atom stereocenters. The Balaban J connectivity index is 2.75. The van der Waals surface area contributed by atoms with Crippen molar-refractivity contribution in [1.29, 1.82) is 0 Å². The molecule has 0 amide bonds. The van der Waals surface area contributed by atoms with E-state index in [2.05, 4.69) is 56.4 Å². The summed E-state index contributed by atoms with van der Waals surface area (Å²) >= 11 is 0. The van der Waals surface area contributed by atoms with Gasteiger partial charge in [-0.15, -0.1) is 0 Å². The van der Waals surface area contributed by atoms with Crippen LogP contribution in [0.3, 0.4) is 0 Å². The zero-order valence-corrected chi connectivity index (χ0v) is 9.90. The number of allylic oxidation sites excluding steroid dienone is 1. The average Bonchev–Trinajstić information content (AvgIpc) is 2.15. The lowest BCUT2D eigenvalue weighted by molar-refractivity contribution is 1.23. The Morgan fingerprint density at radius 2 is 1.77 bits per heavy atom. The smallest absolute Gasteiger partial charge is 0.0647 e. The normalized spacial score (nSPS) is 11.4. The van der Waals surface area contributed by atoms with Crippen LogP contribution in [-0.2, 0) is 0 Å². The zero-order valence-electron chi connectivity index (χ0n) is 8.75. The van der Waals surface area contributed by atoms with Gasteiger partial charge in [0.25, 0.3) is 0 Å². The molecule has 0 bridgehead atoms. The van der Waals surface area contributed by atoms with Crippen molar-refractivity contribution in [2.45, 2.75) is 26.4 Å². The summed E-state index contributed by atoms with van der Waals surface area (Å²) in [5.41, 5.74) is 1.32. The number of rotatable bonds is 3.